The number of nitrogens with zero attached hydrogens (tertiary/aromatic N) is 6. The zero-order chi connectivity index (χ0) is 21.3. The van der Waals surface area contributed by atoms with Gasteiger partial charge in [0, 0.05) is 0 Å². The number of hydrogen-bond acceptors (Lipinski definition) is 6. The van der Waals surface area contributed by atoms with Gasteiger partial charge < -0.3 is 71.9 Å². The molecule has 0 aliphatic carbocycles. The van der Waals surface area contributed by atoms with E-state index in [0.717, 1.165) is 55.6 Å². The largest absolute Gasteiger partial charge is 1.00 e. The van der Waals surface area contributed by atoms with Crippen LogP contribution < -0.4 is 71.9 Å². The average molecular weight is 810 g/mol. The molecule has 0 aromatic carbocycles. The molecule has 0 bridgehead atoms. The summed E-state index contributed by atoms with van der Waals surface area (Å²) in [7, 11) is 0. The van der Waals surface area contributed by atoms with Crippen molar-refractivity contribution >= 4 is 0 Å². The van der Waals surface area contributed by atoms with Gasteiger partial charge in [0.1, 0.15) is 0 Å². The maximum atomic E-state index is 4.96. The van der Waals surface area contributed by atoms with Crippen LogP contribution >= 0.6 is 0 Å². The first kappa shape index (κ1) is 32.9. The van der Waals surface area contributed by atoms with Crippen LogP contribution in [0.15, 0.2) is 66.0 Å². The molecule has 6 nitrogen and oxygen atoms in total. The van der Waals surface area contributed by atoms with Crippen molar-refractivity contribution in [3.63, 3.8) is 0 Å². The molecule has 0 N–H and O–H groups in total. The smallest absolute Gasteiger partial charge is 1.00 e. The van der Waals surface area contributed by atoms with E-state index in [-0.39, 0.29) is 71.9 Å². The summed E-state index contributed by atoms with van der Waals surface area (Å²) < 4.78 is -0.494. The molecular formula is C22H33I3N6Ti. The van der Waals surface area contributed by atoms with Gasteiger partial charge in [0.25, 0.3) is 0 Å². The topological polar surface area (TPSA) is 74.2 Å². The maximum Gasteiger partial charge on any atom is -1.00 e. The second-order valence-corrected chi connectivity index (χ2v) is 9.32. The molecule has 0 saturated heterocycles. The van der Waals surface area contributed by atoms with E-state index in [2.05, 4.69) is 95.5 Å². The van der Waals surface area contributed by atoms with Crippen LogP contribution in [0.3, 0.4) is 0 Å². The van der Waals surface area contributed by atoms with Crippen LogP contribution in [0.2, 0.25) is 3.72 Å². The van der Waals surface area contributed by atoms with E-state index in [4.69, 9.17) is 15.3 Å². The van der Waals surface area contributed by atoms with Crippen LogP contribution in [0.25, 0.3) is 0 Å². The van der Waals surface area contributed by atoms with Gasteiger partial charge in [-0.3, -0.25) is 0 Å². The Kier molecular flexibility index (Phi) is 13.1. The molecule has 0 aromatic rings. The first-order valence-electron chi connectivity index (χ1n) is 11.0. The Hall–Kier alpha value is 0.924. The minimum absolute atomic E-state index is 0. The third kappa shape index (κ3) is 4.80. The molecule has 0 amide bonds. The zero-order valence-corrected chi connectivity index (χ0v) is 27.8. The molecule has 3 heterocycles. The van der Waals surface area contributed by atoms with E-state index in [0.29, 0.717) is 0 Å². The normalized spacial score (nSPS) is 31.8. The average Bonchev–Trinajstić information content (AvgIpc) is 3.50. The quantitative estimate of drug-likeness (QED) is 0.200. The Bertz CT molecular complexity index is 745. The van der Waals surface area contributed by atoms with Gasteiger partial charge in [0.2, 0.25) is 0 Å². The van der Waals surface area contributed by atoms with Crippen molar-refractivity contribution in [1.29, 1.82) is 0 Å². The summed E-state index contributed by atoms with van der Waals surface area (Å²) >= 11 is 2.31. The van der Waals surface area contributed by atoms with Crippen LogP contribution in [-0.4, -0.2) is 16.6 Å². The fourth-order valence-corrected chi connectivity index (χ4v) is 6.37. The van der Waals surface area contributed by atoms with Gasteiger partial charge in [-0.15, -0.1) is 0 Å². The van der Waals surface area contributed by atoms with Crippen molar-refractivity contribution in [3.05, 3.63) is 35.3 Å². The zero-order valence-electron chi connectivity index (χ0n) is 19.8. The summed E-state index contributed by atoms with van der Waals surface area (Å²) in [5, 5.41) is 28.7. The maximum absolute atomic E-state index is 4.96. The van der Waals surface area contributed by atoms with Crippen LogP contribution in [0, 0.1) is 0 Å². The van der Waals surface area contributed by atoms with Crippen molar-refractivity contribution in [2.75, 3.05) is 0 Å². The van der Waals surface area contributed by atoms with Crippen LogP contribution in [0.5, 0.6) is 0 Å². The van der Waals surface area contributed by atoms with Gasteiger partial charge >= 0.3 is 187 Å². The summed E-state index contributed by atoms with van der Waals surface area (Å²) in [6, 6.07) is 0. The van der Waals surface area contributed by atoms with Crippen molar-refractivity contribution in [1.82, 2.24) is 0 Å². The van der Waals surface area contributed by atoms with Crippen LogP contribution in [0.4, 0.5) is 0 Å². The first-order valence-corrected chi connectivity index (χ1v) is 11.8. The molecule has 32 heavy (non-hydrogen) atoms. The van der Waals surface area contributed by atoms with Gasteiger partial charge in [0.15, 0.2) is 0 Å². The fraction of sp³-hybridized carbons (Fsp3) is 0.727. The standard InChI is InChI=1S/C22H33N6.3HI.Ti/c1-7-16-13-20(10-4,26-23-16)19(21(11-5)14-17(8-2)24-27-21)22(12-6)15-18(9-3)25-28-22;;;;/h13-15H,7-12H2,1-6H3;3*1H;/q;;;;+3/p-3. The molecule has 3 atom stereocenters. The van der Waals surface area contributed by atoms with E-state index < -0.39 is 20.3 Å². The SMILES string of the molecule is CCC1=CC(CC)([C]([Ti+3])(C2(CC)C=C(CC)N=N2)C2(CC)C=C(CC)N=N2)N=N1.[I-].[I-].[I-]. The molecule has 3 unspecified atom stereocenters. The third-order valence-electron chi connectivity index (χ3n) is 6.94. The molecule has 3 aliphatic heterocycles. The minimum Gasteiger partial charge on any atom is -1.00 e. The molecule has 0 fully saturated rings. The third-order valence-corrected chi connectivity index (χ3v) is 8.97. The van der Waals surface area contributed by atoms with Crippen LogP contribution in [-0.2, 0) is 20.4 Å². The van der Waals surface area contributed by atoms with Gasteiger partial charge in [-0.25, -0.2) is 0 Å². The first-order chi connectivity index (χ1) is 13.8. The Labute approximate surface area is 256 Å². The van der Waals surface area contributed by atoms with E-state index in [1.807, 2.05) is 0 Å². The summed E-state index contributed by atoms with van der Waals surface area (Å²) in [4.78, 5) is 0. The van der Waals surface area contributed by atoms with Crippen molar-refractivity contribution < 1.29 is 92.4 Å². The van der Waals surface area contributed by atoms with Gasteiger partial charge in [-0.05, 0) is 0 Å². The second-order valence-electron chi connectivity index (χ2n) is 8.15. The second kappa shape index (κ2) is 12.8. The summed E-state index contributed by atoms with van der Waals surface area (Å²) in [6.45, 7) is 13.0. The summed E-state index contributed by atoms with van der Waals surface area (Å²) in [5.41, 5.74) is 1.59. The van der Waals surface area contributed by atoms with Crippen molar-refractivity contribution in [2.24, 2.45) is 30.7 Å². The van der Waals surface area contributed by atoms with Gasteiger partial charge in [-0.2, -0.15) is 0 Å². The molecule has 10 heteroatoms. The number of rotatable bonds is 9. The Morgan fingerprint density at radius 1 is 0.594 bits per heavy atom. The molecule has 0 saturated carbocycles. The molecule has 176 valence electrons. The van der Waals surface area contributed by atoms with E-state index >= 15 is 0 Å². The van der Waals surface area contributed by atoms with Crippen molar-refractivity contribution in [3.8, 4) is 0 Å². The Morgan fingerprint density at radius 2 is 0.844 bits per heavy atom. The van der Waals surface area contributed by atoms with E-state index in [1.165, 1.54) is 0 Å². The Balaban J connectivity index is 0.00000320. The summed E-state index contributed by atoms with van der Waals surface area (Å²) in [6.07, 6.45) is 11.9. The molecule has 0 aromatic heterocycles. The molecule has 0 radical (unpaired) electrons. The number of halogens is 3. The molecular weight excluding hydrogens is 777 g/mol. The van der Waals surface area contributed by atoms with Gasteiger partial charge in [-0.1, -0.05) is 0 Å². The predicted octanol–water partition coefficient (Wildman–Crippen LogP) is -1.57. The van der Waals surface area contributed by atoms with Crippen molar-refractivity contribution in [2.45, 2.75) is 100 Å². The predicted molar refractivity (Wildman–Crippen MR) is 111 cm³/mol. The van der Waals surface area contributed by atoms with Gasteiger partial charge in [0.05, 0.1) is 0 Å². The number of allylic oxidation sites excluding steroid dienone is 3. The van der Waals surface area contributed by atoms with E-state index in [9.17, 15) is 0 Å². The van der Waals surface area contributed by atoms with E-state index in [1.54, 1.807) is 0 Å². The summed E-state index contributed by atoms with van der Waals surface area (Å²) in [5.74, 6) is 0. The molecule has 3 rings (SSSR count). The minimum atomic E-state index is -0.512. The monoisotopic (exact) mass is 810 g/mol. The molecule has 0 spiro atoms. The fourth-order valence-electron chi connectivity index (χ4n) is 4.97. The number of hydrogen-bond donors (Lipinski definition) is 0. The Morgan fingerprint density at radius 3 is 1.00 bits per heavy atom. The molecule has 3 aliphatic rings. The number of azo groups is 3. The van der Waals surface area contributed by atoms with Crippen LogP contribution in [0.1, 0.15) is 80.1 Å².